The van der Waals surface area contributed by atoms with Gasteiger partial charge in [-0.05, 0) is 45.4 Å². The Morgan fingerprint density at radius 2 is 1.81 bits per heavy atom. The molecule has 3 aliphatic heterocycles. The van der Waals surface area contributed by atoms with Crippen molar-refractivity contribution in [3.63, 3.8) is 0 Å². The van der Waals surface area contributed by atoms with Crippen LogP contribution in [0.5, 0.6) is 5.75 Å². The third-order valence-electron chi connectivity index (χ3n) is 6.04. The lowest BCUT2D eigenvalue weighted by atomic mass is 9.94. The number of hydrogen-bond donors (Lipinski definition) is 2. The Morgan fingerprint density at radius 3 is 2.42 bits per heavy atom. The smallest absolute Gasteiger partial charge is 0.332 e. The quantitative estimate of drug-likeness (QED) is 0.392. The fourth-order valence-corrected chi connectivity index (χ4v) is 6.35. The molecule has 3 saturated heterocycles. The first-order chi connectivity index (χ1) is 14.5. The highest BCUT2D eigenvalue weighted by Crippen LogP contribution is 2.54. The van der Waals surface area contributed by atoms with Crippen LogP contribution >= 0.6 is 11.8 Å². The molecule has 4 atom stereocenters. The number of hydrogen-bond acceptors (Lipinski definition) is 8. The summed E-state index contributed by atoms with van der Waals surface area (Å²) in [6.45, 7) is 7.33. The summed E-state index contributed by atoms with van der Waals surface area (Å²) in [4.78, 5) is 42.4. The van der Waals surface area contributed by atoms with Gasteiger partial charge >= 0.3 is 5.97 Å². The number of aromatic hydroxyl groups is 1. The fourth-order valence-electron chi connectivity index (χ4n) is 4.68. The van der Waals surface area contributed by atoms with E-state index in [9.17, 15) is 19.5 Å². The molecule has 0 aromatic heterocycles. The minimum atomic E-state index is -0.772. The van der Waals surface area contributed by atoms with Gasteiger partial charge in [-0.2, -0.15) is 0 Å². The molecule has 31 heavy (non-hydrogen) atoms. The Labute approximate surface area is 185 Å². The number of thioether (sulfide) groups is 1. The zero-order chi connectivity index (χ0) is 22.7. The van der Waals surface area contributed by atoms with E-state index in [2.05, 4.69) is 5.32 Å². The van der Waals surface area contributed by atoms with Crippen LogP contribution in [-0.4, -0.2) is 74.5 Å². The van der Waals surface area contributed by atoms with E-state index in [-0.39, 0.29) is 29.7 Å². The van der Waals surface area contributed by atoms with E-state index in [1.807, 2.05) is 27.7 Å². The van der Waals surface area contributed by atoms with Crippen molar-refractivity contribution >= 4 is 29.5 Å². The standard InChI is InChI=1S/C21H27N3O6S/c1-20(2)15(19(28)30-10-29-5)23-17(27)14(18(23)31-20)24-16(26)13(22-21(24,3)4)11-6-8-12(25)9-7-11/h6-9,13-15,18,22,25H,10H2,1-5H3/t13?,14?,15-,18+/m0/s1. The molecule has 10 heteroatoms. The number of amides is 2. The first kappa shape index (κ1) is 21.9. The lowest BCUT2D eigenvalue weighted by Crippen LogP contribution is -2.73. The summed E-state index contributed by atoms with van der Waals surface area (Å²) in [5.41, 5.74) is -0.0618. The molecule has 3 heterocycles. The van der Waals surface area contributed by atoms with E-state index in [0.29, 0.717) is 5.56 Å². The molecular formula is C21H27N3O6S. The zero-order valence-electron chi connectivity index (χ0n) is 18.1. The second kappa shape index (κ2) is 7.39. The average Bonchev–Trinajstić information content (AvgIpc) is 3.09. The highest BCUT2D eigenvalue weighted by Gasteiger charge is 2.68. The molecule has 3 fully saturated rings. The zero-order valence-corrected chi connectivity index (χ0v) is 18.9. The molecule has 2 amide bonds. The first-order valence-electron chi connectivity index (χ1n) is 10.0. The van der Waals surface area contributed by atoms with Crippen molar-refractivity contribution in [2.75, 3.05) is 13.9 Å². The summed E-state index contributed by atoms with van der Waals surface area (Å²) in [6, 6.07) is 4.39. The second-order valence-electron chi connectivity index (χ2n) is 9.01. The number of β-lactam (4-membered cyclic amide) rings is 1. The number of rotatable bonds is 5. The van der Waals surface area contributed by atoms with E-state index < -0.39 is 34.5 Å². The molecule has 1 aromatic rings. The lowest BCUT2D eigenvalue weighted by molar-refractivity contribution is -0.176. The molecule has 4 rings (SSSR count). The molecule has 9 nitrogen and oxygen atoms in total. The van der Waals surface area contributed by atoms with E-state index in [1.54, 1.807) is 17.0 Å². The molecule has 3 aliphatic rings. The highest BCUT2D eigenvalue weighted by molar-refractivity contribution is 8.01. The van der Waals surface area contributed by atoms with Crippen molar-refractivity contribution in [2.45, 2.75) is 61.6 Å². The first-order valence-corrected chi connectivity index (χ1v) is 10.9. The van der Waals surface area contributed by atoms with Crippen LogP contribution in [-0.2, 0) is 23.9 Å². The summed E-state index contributed by atoms with van der Waals surface area (Å²) in [6.07, 6.45) is 0. The van der Waals surface area contributed by atoms with Gasteiger partial charge in [0.2, 0.25) is 11.8 Å². The van der Waals surface area contributed by atoms with Crippen molar-refractivity contribution < 1.29 is 29.0 Å². The van der Waals surface area contributed by atoms with Crippen molar-refractivity contribution in [2.24, 2.45) is 0 Å². The van der Waals surface area contributed by atoms with Gasteiger partial charge in [0.15, 0.2) is 6.79 Å². The minimum Gasteiger partial charge on any atom is -0.508 e. The Hall–Kier alpha value is -2.30. The minimum absolute atomic E-state index is 0.117. The molecular weight excluding hydrogens is 422 g/mol. The number of esters is 1. The maximum Gasteiger partial charge on any atom is 0.332 e. The van der Waals surface area contributed by atoms with Crippen LogP contribution < -0.4 is 5.32 Å². The molecule has 0 spiro atoms. The number of carbonyl (C=O) groups excluding carboxylic acids is 3. The van der Waals surface area contributed by atoms with Gasteiger partial charge in [-0.15, -0.1) is 11.8 Å². The van der Waals surface area contributed by atoms with Crippen molar-refractivity contribution in [1.29, 1.82) is 0 Å². The Morgan fingerprint density at radius 1 is 1.16 bits per heavy atom. The van der Waals surface area contributed by atoms with Gasteiger partial charge in [0.25, 0.3) is 0 Å². The van der Waals surface area contributed by atoms with Gasteiger partial charge in [0.05, 0.1) is 5.66 Å². The van der Waals surface area contributed by atoms with Crippen LogP contribution in [0.4, 0.5) is 0 Å². The number of carbonyl (C=O) groups is 3. The van der Waals surface area contributed by atoms with Crippen LogP contribution in [0.25, 0.3) is 0 Å². The number of nitrogens with one attached hydrogen (secondary N) is 1. The largest absolute Gasteiger partial charge is 0.508 e. The summed E-state index contributed by atoms with van der Waals surface area (Å²) in [5.74, 6) is -0.874. The molecule has 0 radical (unpaired) electrons. The number of ether oxygens (including phenoxy) is 2. The van der Waals surface area contributed by atoms with Crippen LogP contribution in [0, 0.1) is 0 Å². The van der Waals surface area contributed by atoms with Gasteiger partial charge in [-0.1, -0.05) is 12.1 Å². The van der Waals surface area contributed by atoms with Crippen molar-refractivity contribution in [3.05, 3.63) is 29.8 Å². The molecule has 2 N–H and O–H groups in total. The van der Waals surface area contributed by atoms with E-state index in [1.165, 1.54) is 35.9 Å². The fraction of sp³-hybridized carbons (Fsp3) is 0.571. The number of benzene rings is 1. The normalized spacial score (nSPS) is 30.9. The number of nitrogens with zero attached hydrogens (tertiary/aromatic N) is 2. The SMILES string of the molecule is COCOC(=O)[C@@H]1N2C(=O)C(N3C(=O)C(c4ccc(O)cc4)NC3(C)C)[C@H]2SC1(C)C. The second-order valence-corrected chi connectivity index (χ2v) is 10.8. The summed E-state index contributed by atoms with van der Waals surface area (Å²) in [5, 5.41) is 12.5. The molecule has 1 aromatic carbocycles. The molecule has 0 aliphatic carbocycles. The maximum atomic E-state index is 13.4. The average molecular weight is 450 g/mol. The number of phenolic OH excluding ortho intramolecular Hbond substituents is 1. The van der Waals surface area contributed by atoms with Gasteiger partial charge in [-0.25, -0.2) is 4.79 Å². The van der Waals surface area contributed by atoms with Gasteiger partial charge in [0.1, 0.15) is 29.2 Å². The van der Waals surface area contributed by atoms with Crippen LogP contribution in [0.15, 0.2) is 24.3 Å². The number of methoxy groups -OCH3 is 1. The Bertz CT molecular complexity index is 918. The van der Waals surface area contributed by atoms with Crippen molar-refractivity contribution in [1.82, 2.24) is 15.1 Å². The highest BCUT2D eigenvalue weighted by atomic mass is 32.2. The van der Waals surface area contributed by atoms with E-state index in [0.717, 1.165) is 0 Å². The van der Waals surface area contributed by atoms with Crippen molar-refractivity contribution in [3.8, 4) is 5.75 Å². The number of fused-ring (bicyclic) bond motifs is 1. The van der Waals surface area contributed by atoms with Crippen LogP contribution in [0.2, 0.25) is 0 Å². The van der Waals surface area contributed by atoms with Crippen LogP contribution in [0.3, 0.4) is 0 Å². The Balaban J connectivity index is 1.59. The third-order valence-corrected chi connectivity index (χ3v) is 7.60. The van der Waals surface area contributed by atoms with Gasteiger partial charge < -0.3 is 24.4 Å². The van der Waals surface area contributed by atoms with Crippen LogP contribution in [0.1, 0.15) is 39.3 Å². The van der Waals surface area contributed by atoms with Gasteiger partial charge in [0, 0.05) is 11.9 Å². The summed E-state index contributed by atoms with van der Waals surface area (Å²) >= 11 is 1.50. The monoisotopic (exact) mass is 449 g/mol. The molecule has 0 bridgehead atoms. The molecule has 168 valence electrons. The van der Waals surface area contributed by atoms with E-state index >= 15 is 0 Å². The Kier molecular flexibility index (Phi) is 5.22. The summed E-state index contributed by atoms with van der Waals surface area (Å²) < 4.78 is 9.39. The number of phenols is 1. The van der Waals surface area contributed by atoms with E-state index in [4.69, 9.17) is 9.47 Å². The predicted molar refractivity (Wildman–Crippen MR) is 113 cm³/mol. The lowest BCUT2D eigenvalue weighted by Gasteiger charge is -2.50. The topological polar surface area (TPSA) is 108 Å². The molecule has 2 unspecified atom stereocenters. The predicted octanol–water partition coefficient (Wildman–Crippen LogP) is 1.18. The summed E-state index contributed by atoms with van der Waals surface area (Å²) in [7, 11) is 1.42. The third kappa shape index (κ3) is 3.37. The maximum absolute atomic E-state index is 13.4. The van der Waals surface area contributed by atoms with Gasteiger partial charge in [-0.3, -0.25) is 14.9 Å². The molecule has 0 saturated carbocycles.